The topological polar surface area (TPSA) is 63.0 Å². The number of thiazole rings is 1. The van der Waals surface area contributed by atoms with Crippen LogP contribution in [0.2, 0.25) is 10.0 Å². The number of anilines is 1. The average Bonchev–Trinajstić information content (AvgIpc) is 3.61. The van der Waals surface area contributed by atoms with E-state index in [9.17, 15) is 5.11 Å². The number of rotatable bonds is 6. The summed E-state index contributed by atoms with van der Waals surface area (Å²) in [4.78, 5) is 4.85. The van der Waals surface area contributed by atoms with E-state index < -0.39 is 6.04 Å². The number of aromatic nitrogens is 3. The van der Waals surface area contributed by atoms with Gasteiger partial charge in [-0.15, -0.1) is 0 Å². The van der Waals surface area contributed by atoms with Gasteiger partial charge < -0.3 is 10.4 Å². The van der Waals surface area contributed by atoms with Crippen LogP contribution in [-0.4, -0.2) is 19.9 Å². The van der Waals surface area contributed by atoms with E-state index in [2.05, 4.69) is 5.32 Å². The second-order valence-corrected chi connectivity index (χ2v) is 11.6. The van der Waals surface area contributed by atoms with E-state index in [1.54, 1.807) is 6.07 Å². The molecule has 2 N–H and O–H groups in total. The van der Waals surface area contributed by atoms with Crippen LogP contribution in [0.3, 0.4) is 0 Å². The fourth-order valence-electron chi connectivity index (χ4n) is 5.15. The highest BCUT2D eigenvalue weighted by Gasteiger charge is 2.28. The molecule has 7 aromatic rings. The van der Waals surface area contributed by atoms with E-state index in [0.29, 0.717) is 15.2 Å². The molecule has 0 bridgehead atoms. The Balaban J connectivity index is 1.49. The quantitative estimate of drug-likeness (QED) is 0.202. The maximum absolute atomic E-state index is 11.4. The molecule has 0 amide bonds. The predicted molar refractivity (Wildman–Crippen MR) is 170 cm³/mol. The molecule has 0 aliphatic rings. The zero-order chi connectivity index (χ0) is 27.9. The third kappa shape index (κ3) is 4.91. The Morgan fingerprint density at radius 2 is 1.61 bits per heavy atom. The van der Waals surface area contributed by atoms with Crippen LogP contribution in [0.4, 0.5) is 5.13 Å². The minimum atomic E-state index is -0.511. The van der Waals surface area contributed by atoms with E-state index in [4.69, 9.17) is 33.3 Å². The molecule has 41 heavy (non-hydrogen) atoms. The number of phenolic OH excluding ortho intramolecular Hbond substituents is 1. The first-order valence-electron chi connectivity index (χ1n) is 13.0. The van der Waals surface area contributed by atoms with Gasteiger partial charge in [0, 0.05) is 32.9 Å². The normalized spacial score (nSPS) is 12.1. The Hall–Kier alpha value is -4.36. The van der Waals surface area contributed by atoms with Gasteiger partial charge in [0.2, 0.25) is 0 Å². The van der Waals surface area contributed by atoms with E-state index >= 15 is 0 Å². The predicted octanol–water partition coefficient (Wildman–Crippen LogP) is 9.52. The van der Waals surface area contributed by atoms with Gasteiger partial charge in [0.05, 0.1) is 27.6 Å². The molecule has 8 heteroatoms. The molecule has 2 aromatic heterocycles. The van der Waals surface area contributed by atoms with Gasteiger partial charge in [0.1, 0.15) is 5.75 Å². The maximum Gasteiger partial charge on any atom is 0.184 e. The number of aromatic hydroxyl groups is 1. The Labute approximate surface area is 250 Å². The highest BCUT2D eigenvalue weighted by Crippen LogP contribution is 2.42. The van der Waals surface area contributed by atoms with Gasteiger partial charge in [-0.2, -0.15) is 5.10 Å². The fourth-order valence-corrected chi connectivity index (χ4v) is 6.51. The second-order valence-electron chi connectivity index (χ2n) is 9.65. The van der Waals surface area contributed by atoms with Crippen molar-refractivity contribution >= 4 is 60.7 Å². The van der Waals surface area contributed by atoms with E-state index in [1.165, 1.54) is 11.3 Å². The summed E-state index contributed by atoms with van der Waals surface area (Å²) in [7, 11) is 0. The smallest absolute Gasteiger partial charge is 0.184 e. The molecule has 5 nitrogen and oxygen atoms in total. The molecule has 0 fully saturated rings. The first-order chi connectivity index (χ1) is 20.0. The number of hydrogen-bond donors (Lipinski definition) is 2. The van der Waals surface area contributed by atoms with Crippen molar-refractivity contribution in [1.82, 2.24) is 14.8 Å². The molecule has 200 valence electrons. The van der Waals surface area contributed by atoms with Crippen LogP contribution in [-0.2, 0) is 0 Å². The molecule has 1 atom stereocenters. The average molecular weight is 594 g/mol. The summed E-state index contributed by atoms with van der Waals surface area (Å²) in [5, 5.41) is 24.0. The molecule has 7 rings (SSSR count). The lowest BCUT2D eigenvalue weighted by Gasteiger charge is -2.22. The van der Waals surface area contributed by atoms with Crippen LogP contribution < -0.4 is 5.32 Å². The third-order valence-corrected chi connectivity index (χ3v) is 8.45. The molecule has 0 radical (unpaired) electrons. The lowest BCUT2D eigenvalue weighted by atomic mass is 9.91. The van der Waals surface area contributed by atoms with Gasteiger partial charge in [-0.05, 0) is 59.3 Å². The molecule has 1 unspecified atom stereocenters. The fraction of sp³-hybridized carbons (Fsp3) is 0.0303. The standard InChI is InChI=1S/C33H22Cl2N4OS/c34-22-9-6-8-21(17-22)31-26(19-39(38-31)24-10-2-1-3-11-24)32(30-25-12-5-4-7-20(25)13-16-28(30)40)37-33-36-27-15-14-23(35)18-29(27)41-33/h1-19,32,40H,(H,36,37). The number of nitrogens with one attached hydrogen (secondary N) is 1. The van der Waals surface area contributed by atoms with Crippen molar-refractivity contribution in [1.29, 1.82) is 0 Å². The van der Waals surface area contributed by atoms with Crippen LogP contribution in [0, 0.1) is 0 Å². The molecule has 0 aliphatic carbocycles. The van der Waals surface area contributed by atoms with Gasteiger partial charge in [-0.3, -0.25) is 0 Å². The summed E-state index contributed by atoms with van der Waals surface area (Å²) in [6.45, 7) is 0. The largest absolute Gasteiger partial charge is 0.508 e. The molecule has 0 spiro atoms. The molecule has 5 aromatic carbocycles. The van der Waals surface area contributed by atoms with Crippen molar-refractivity contribution in [3.63, 3.8) is 0 Å². The summed E-state index contributed by atoms with van der Waals surface area (Å²) in [6.07, 6.45) is 2.01. The van der Waals surface area contributed by atoms with Crippen LogP contribution >= 0.6 is 34.5 Å². The van der Waals surface area contributed by atoms with Gasteiger partial charge in [0.25, 0.3) is 0 Å². The lowest BCUT2D eigenvalue weighted by Crippen LogP contribution is -2.13. The van der Waals surface area contributed by atoms with Gasteiger partial charge in [-0.25, -0.2) is 9.67 Å². The number of benzene rings is 5. The Morgan fingerprint density at radius 3 is 2.46 bits per heavy atom. The SMILES string of the molecule is Oc1ccc2ccccc2c1C(Nc1nc2ccc(Cl)cc2s1)c1cn(-c2ccccc2)nc1-c1cccc(Cl)c1. The number of fused-ring (bicyclic) bond motifs is 2. The van der Waals surface area contributed by atoms with E-state index in [0.717, 1.165) is 49.1 Å². The number of halogens is 2. The van der Waals surface area contributed by atoms with Crippen LogP contribution in [0.25, 0.3) is 37.9 Å². The monoisotopic (exact) mass is 592 g/mol. The highest BCUT2D eigenvalue weighted by atomic mass is 35.5. The Bertz CT molecular complexity index is 2040. The Morgan fingerprint density at radius 1 is 0.805 bits per heavy atom. The van der Waals surface area contributed by atoms with Gasteiger partial charge >= 0.3 is 0 Å². The zero-order valence-corrected chi connectivity index (χ0v) is 23.8. The number of hydrogen-bond acceptors (Lipinski definition) is 5. The first-order valence-corrected chi connectivity index (χ1v) is 14.5. The van der Waals surface area contributed by atoms with Crippen molar-refractivity contribution in [3.05, 3.63) is 137 Å². The third-order valence-electron chi connectivity index (χ3n) is 7.03. The molecule has 0 aliphatic heterocycles. The van der Waals surface area contributed by atoms with E-state index in [1.807, 2.05) is 114 Å². The summed E-state index contributed by atoms with van der Waals surface area (Å²) < 4.78 is 2.83. The number of para-hydroxylation sites is 1. The molecule has 0 saturated heterocycles. The molecular weight excluding hydrogens is 571 g/mol. The van der Waals surface area contributed by atoms with Gasteiger partial charge in [0.15, 0.2) is 5.13 Å². The van der Waals surface area contributed by atoms with Crippen molar-refractivity contribution in [2.45, 2.75) is 6.04 Å². The van der Waals surface area contributed by atoms with Crippen LogP contribution in [0.1, 0.15) is 17.2 Å². The Kier molecular flexibility index (Phi) is 6.59. The lowest BCUT2D eigenvalue weighted by molar-refractivity contribution is 0.468. The number of nitrogens with zero attached hydrogens (tertiary/aromatic N) is 3. The first kappa shape index (κ1) is 25.6. The maximum atomic E-state index is 11.4. The van der Waals surface area contributed by atoms with E-state index in [-0.39, 0.29) is 5.75 Å². The van der Waals surface area contributed by atoms with Crippen molar-refractivity contribution < 1.29 is 5.11 Å². The summed E-state index contributed by atoms with van der Waals surface area (Å²) in [5.41, 5.74) is 4.96. The molecule has 0 saturated carbocycles. The highest BCUT2D eigenvalue weighted by molar-refractivity contribution is 7.22. The zero-order valence-electron chi connectivity index (χ0n) is 21.5. The summed E-state index contributed by atoms with van der Waals surface area (Å²) in [5.74, 6) is 0.176. The van der Waals surface area contributed by atoms with Crippen LogP contribution in [0.5, 0.6) is 5.75 Å². The summed E-state index contributed by atoms with van der Waals surface area (Å²) >= 11 is 14.2. The molecule has 2 heterocycles. The molecular formula is C33H22Cl2N4OS. The van der Waals surface area contributed by atoms with Crippen molar-refractivity contribution in [3.8, 4) is 22.7 Å². The minimum absolute atomic E-state index is 0.176. The van der Waals surface area contributed by atoms with Crippen molar-refractivity contribution in [2.75, 3.05) is 5.32 Å². The van der Waals surface area contributed by atoms with Crippen molar-refractivity contribution in [2.24, 2.45) is 0 Å². The minimum Gasteiger partial charge on any atom is -0.508 e. The summed E-state index contributed by atoms with van der Waals surface area (Å²) in [6, 6.07) is 34.5. The van der Waals surface area contributed by atoms with Crippen LogP contribution in [0.15, 0.2) is 115 Å². The number of phenols is 1. The van der Waals surface area contributed by atoms with Gasteiger partial charge in [-0.1, -0.05) is 95.2 Å². The second kappa shape index (κ2) is 10.6.